The van der Waals surface area contributed by atoms with Crippen LogP contribution in [0.4, 0.5) is 0 Å². The molecule has 0 spiro atoms. The van der Waals surface area contributed by atoms with E-state index in [1.165, 1.54) is 4.90 Å². The topological polar surface area (TPSA) is 143 Å². The third-order valence-corrected chi connectivity index (χ3v) is 5.34. The lowest BCUT2D eigenvalue weighted by molar-refractivity contribution is -0.146. The second-order valence-corrected chi connectivity index (χ2v) is 7.44. The maximum Gasteiger partial charge on any atom is 0.526 e. The molecule has 10 heteroatoms. The minimum atomic E-state index is -1.65. The van der Waals surface area contributed by atoms with E-state index in [1.807, 2.05) is 0 Å². The first kappa shape index (κ1) is 16.8. The number of aromatic carboxylic acids is 1. The summed E-state index contributed by atoms with van der Waals surface area (Å²) >= 11 is 0. The number of benzene rings is 1. The van der Waals surface area contributed by atoms with E-state index in [0.29, 0.717) is 0 Å². The summed E-state index contributed by atoms with van der Waals surface area (Å²) in [5.41, 5.74) is 4.71. The lowest BCUT2D eigenvalue weighted by atomic mass is 9.77. The van der Waals surface area contributed by atoms with E-state index in [4.69, 9.17) is 16.5 Å². The first-order valence-corrected chi connectivity index (χ1v) is 8.69. The third kappa shape index (κ3) is 2.93. The van der Waals surface area contributed by atoms with Crippen LogP contribution < -0.4 is 15.1 Å². The summed E-state index contributed by atoms with van der Waals surface area (Å²) in [6.45, 7) is -0.739. The lowest BCUT2D eigenvalue weighted by Gasteiger charge is -2.42. The number of nitrogens with zero attached hydrogens (tertiary/aromatic N) is 1. The number of fused-ring (bicyclic) bond motifs is 3. The Hall–Kier alpha value is -2.30. The highest BCUT2D eigenvalue weighted by atomic mass is 16.5. The maximum absolute atomic E-state index is 12.3. The zero-order chi connectivity index (χ0) is 20.2. The van der Waals surface area contributed by atoms with Crippen LogP contribution in [0.3, 0.4) is 0 Å². The summed E-state index contributed by atoms with van der Waals surface area (Å²) in [5.74, 6) is -1.41. The molecule has 2 fully saturated rings. The van der Waals surface area contributed by atoms with Crippen molar-refractivity contribution >= 4 is 19.0 Å². The highest BCUT2D eigenvalue weighted by Crippen LogP contribution is 2.60. The fourth-order valence-electron chi connectivity index (χ4n) is 3.64. The van der Waals surface area contributed by atoms with Crippen molar-refractivity contribution in [2.45, 2.75) is 36.7 Å². The van der Waals surface area contributed by atoms with E-state index in [0.717, 1.165) is 12.0 Å². The molecule has 1 aromatic carbocycles. The van der Waals surface area contributed by atoms with E-state index in [-0.39, 0.29) is 41.9 Å². The number of carbonyl (C=O) groups excluding carboxylic acids is 1. The first-order valence-electron chi connectivity index (χ1n) is 9.39. The Labute approximate surface area is 157 Å². The van der Waals surface area contributed by atoms with Gasteiger partial charge in [0.15, 0.2) is 0 Å². The van der Waals surface area contributed by atoms with Crippen molar-refractivity contribution in [2.24, 2.45) is 5.73 Å². The van der Waals surface area contributed by atoms with Crippen molar-refractivity contribution in [3.63, 3.8) is 0 Å². The fraction of sp³-hybridized carbons (Fsp3) is 0.529. The van der Waals surface area contributed by atoms with Crippen molar-refractivity contribution in [3.8, 4) is 11.5 Å². The van der Waals surface area contributed by atoms with Crippen LogP contribution in [0.25, 0.3) is 0 Å². The Bertz CT molecular complexity index is 828. The molecule has 1 amide bonds. The van der Waals surface area contributed by atoms with Crippen molar-refractivity contribution in [1.82, 2.24) is 4.90 Å². The van der Waals surface area contributed by atoms with Gasteiger partial charge in [0.05, 0.1) is 19.7 Å². The predicted molar refractivity (Wildman–Crippen MR) is 93.8 cm³/mol. The Balaban J connectivity index is 1.49. The number of rotatable bonds is 5. The highest BCUT2D eigenvalue weighted by molar-refractivity contribution is 6.48. The number of hydrogen-bond donors (Lipinski definition) is 4. The molecule has 2 aliphatic heterocycles. The Morgan fingerprint density at radius 3 is 2.89 bits per heavy atom. The molecule has 0 unspecified atom stereocenters. The molecular weight excluding hydrogens is 355 g/mol. The second-order valence-electron chi connectivity index (χ2n) is 7.44. The number of amides is 1. The molecule has 1 saturated carbocycles. The number of likely N-dealkylation sites (tertiary alicyclic amines) is 1. The van der Waals surface area contributed by atoms with Gasteiger partial charge in [-0.05, 0) is 30.9 Å². The molecule has 0 radical (unpaired) electrons. The Morgan fingerprint density at radius 1 is 1.52 bits per heavy atom. The molecule has 9 nitrogen and oxygen atoms in total. The van der Waals surface area contributed by atoms with Crippen LogP contribution in [0, 0.1) is 0 Å². The number of hydrogen-bond acceptors (Lipinski definition) is 7. The molecule has 3 atom stereocenters. The lowest BCUT2D eigenvalue weighted by Crippen LogP contribution is -2.64. The van der Waals surface area contributed by atoms with E-state index >= 15 is 0 Å². The molecule has 4 rings (SSSR count). The summed E-state index contributed by atoms with van der Waals surface area (Å²) < 4.78 is 18.6. The van der Waals surface area contributed by atoms with Crippen LogP contribution in [-0.4, -0.2) is 70.5 Å². The van der Waals surface area contributed by atoms with Gasteiger partial charge in [-0.2, -0.15) is 0 Å². The van der Waals surface area contributed by atoms with Crippen LogP contribution in [0.1, 0.15) is 36.5 Å². The first-order chi connectivity index (χ1) is 13.3. The van der Waals surface area contributed by atoms with Gasteiger partial charge in [-0.15, -0.1) is 0 Å². The molecule has 144 valence electrons. The maximum atomic E-state index is 12.3. The average Bonchev–Trinajstić information content (AvgIpc) is 3.44. The highest BCUT2D eigenvalue weighted by Gasteiger charge is 2.54. The molecule has 0 aromatic heterocycles. The van der Waals surface area contributed by atoms with E-state index in [9.17, 15) is 24.8 Å². The van der Waals surface area contributed by atoms with Crippen LogP contribution in [-0.2, 0) is 4.79 Å². The van der Waals surface area contributed by atoms with Gasteiger partial charge in [0.1, 0.15) is 28.7 Å². The zero-order valence-corrected chi connectivity index (χ0v) is 14.5. The molecule has 1 aliphatic carbocycles. The third-order valence-electron chi connectivity index (χ3n) is 5.34. The molecule has 2 heterocycles. The number of ether oxygens (including phenoxy) is 1. The number of nitrogens with two attached hydrogens (primary N) is 1. The predicted octanol–water partition coefficient (Wildman–Crippen LogP) is -0.585. The largest absolute Gasteiger partial charge is 0.535 e. The quantitative estimate of drug-likeness (QED) is 0.499. The smallest absolute Gasteiger partial charge is 0.526 e. The van der Waals surface area contributed by atoms with Gasteiger partial charge in [-0.25, -0.2) is 4.79 Å². The summed E-state index contributed by atoms with van der Waals surface area (Å²) in [7, 11) is -1.02. The van der Waals surface area contributed by atoms with Crippen molar-refractivity contribution in [2.75, 3.05) is 19.7 Å². The number of aliphatic hydroxyl groups excluding tert-OH is 1. The van der Waals surface area contributed by atoms with Gasteiger partial charge >= 0.3 is 13.1 Å². The van der Waals surface area contributed by atoms with Gasteiger partial charge in [-0.1, -0.05) is 6.07 Å². The minimum Gasteiger partial charge on any atom is -0.535 e. The number of aliphatic hydroxyl groups is 1. The van der Waals surface area contributed by atoms with Gasteiger partial charge in [-0.3, -0.25) is 4.79 Å². The molecular formula is C17H21BN2O7. The summed E-state index contributed by atoms with van der Waals surface area (Å²) in [6, 6.07) is 3.33. The summed E-state index contributed by atoms with van der Waals surface area (Å²) in [5, 5.41) is 28.9. The molecule has 3 aliphatic rings. The Morgan fingerprint density at radius 2 is 2.26 bits per heavy atom. The minimum absolute atomic E-state index is 0.00667. The van der Waals surface area contributed by atoms with Gasteiger partial charge in [0, 0.05) is 7.19 Å². The number of carboxylic acids is 1. The van der Waals surface area contributed by atoms with Gasteiger partial charge in [0.2, 0.25) is 5.91 Å². The number of carbonyl (C=O) groups is 2. The van der Waals surface area contributed by atoms with Crippen LogP contribution in [0.15, 0.2) is 12.1 Å². The van der Waals surface area contributed by atoms with Gasteiger partial charge in [0.25, 0.3) is 0 Å². The normalized spacial score (nSPS) is 26.0. The SMILES string of the molecule is [2H]C[C@](N)(CO)C(=O)N1CC(Oc2ccc3c(c2C(=O)O)OB(O)[C@H]2C[C@@H]32)C1. The van der Waals surface area contributed by atoms with Crippen LogP contribution >= 0.6 is 0 Å². The van der Waals surface area contributed by atoms with Crippen LogP contribution in [0.5, 0.6) is 11.5 Å². The fourth-order valence-corrected chi connectivity index (χ4v) is 3.64. The van der Waals surface area contributed by atoms with E-state index < -0.39 is 44.1 Å². The average molecular weight is 377 g/mol. The molecule has 0 bridgehead atoms. The summed E-state index contributed by atoms with van der Waals surface area (Å²) in [6.07, 6.45) is 0.311. The van der Waals surface area contributed by atoms with E-state index in [2.05, 4.69) is 0 Å². The molecule has 5 N–H and O–H groups in total. The molecule has 27 heavy (non-hydrogen) atoms. The van der Waals surface area contributed by atoms with Crippen molar-refractivity contribution in [1.29, 1.82) is 0 Å². The molecule has 1 saturated heterocycles. The monoisotopic (exact) mass is 377 g/mol. The second kappa shape index (κ2) is 6.11. The van der Waals surface area contributed by atoms with Crippen molar-refractivity contribution in [3.05, 3.63) is 23.3 Å². The van der Waals surface area contributed by atoms with Gasteiger partial charge < -0.3 is 35.3 Å². The van der Waals surface area contributed by atoms with E-state index in [1.54, 1.807) is 12.1 Å². The van der Waals surface area contributed by atoms with Crippen molar-refractivity contribution < 1.29 is 35.6 Å². The molecule has 1 aromatic rings. The zero-order valence-electron chi connectivity index (χ0n) is 15.5. The Kier molecular flexibility index (Phi) is 3.82. The van der Waals surface area contributed by atoms with Crippen LogP contribution in [0.2, 0.25) is 5.82 Å². The standard InChI is InChI=1S/C17H21BN2O7/c1-17(19,7-21)16(24)20-5-8(6-20)26-12-3-2-9-10-4-11(10)18(25)27-14(9)13(12)15(22)23/h2-3,8,10-11,21,25H,4-7,19H2,1H3,(H,22,23)/t10-,11-,17-/m0/s1/i1D. The summed E-state index contributed by atoms with van der Waals surface area (Å²) in [4.78, 5) is 25.5. The number of carboxylic acid groups (broad SMARTS) is 1.